The van der Waals surface area contributed by atoms with E-state index in [9.17, 15) is 0 Å². The summed E-state index contributed by atoms with van der Waals surface area (Å²) in [6, 6.07) is 8.39. The Hall–Kier alpha value is -1.07. The third-order valence-electron chi connectivity index (χ3n) is 4.38. The summed E-state index contributed by atoms with van der Waals surface area (Å²) in [5.41, 5.74) is 3.47. The highest BCUT2D eigenvalue weighted by Gasteiger charge is 2.27. The number of benzene rings is 1. The van der Waals surface area contributed by atoms with Gasteiger partial charge in [0.25, 0.3) is 0 Å². The maximum absolute atomic E-state index is 6.41. The molecular weight excluding hydrogens is 333 g/mol. The minimum atomic E-state index is 0. The van der Waals surface area contributed by atoms with Crippen LogP contribution in [0.3, 0.4) is 0 Å². The van der Waals surface area contributed by atoms with Crippen molar-refractivity contribution < 1.29 is 4.52 Å². The van der Waals surface area contributed by atoms with Crippen molar-refractivity contribution in [1.29, 1.82) is 0 Å². The molecule has 1 aliphatic rings. The second-order valence-corrected chi connectivity index (χ2v) is 6.14. The maximum Gasteiger partial charge on any atom is 0.138 e. The van der Waals surface area contributed by atoms with Gasteiger partial charge in [-0.2, -0.15) is 0 Å². The highest BCUT2D eigenvalue weighted by atomic mass is 35.5. The molecule has 0 saturated carbocycles. The molecule has 1 N–H and O–H groups in total. The second kappa shape index (κ2) is 8.15. The van der Waals surface area contributed by atoms with E-state index >= 15 is 0 Å². The number of rotatable bonds is 4. The summed E-state index contributed by atoms with van der Waals surface area (Å²) < 4.78 is 5.37. The molecule has 1 aromatic carbocycles. The number of nitrogens with one attached hydrogen (secondary N) is 1. The van der Waals surface area contributed by atoms with E-state index in [1.165, 1.54) is 11.1 Å². The van der Waals surface area contributed by atoms with Gasteiger partial charge < -0.3 is 9.84 Å². The Kier molecular flexibility index (Phi) is 6.48. The van der Waals surface area contributed by atoms with Gasteiger partial charge in [-0.25, -0.2) is 0 Å². The molecule has 0 bridgehead atoms. The lowest BCUT2D eigenvalue weighted by Gasteiger charge is -2.36. The van der Waals surface area contributed by atoms with E-state index in [4.69, 9.17) is 16.1 Å². The normalized spacial score (nSPS) is 18.7. The van der Waals surface area contributed by atoms with Gasteiger partial charge in [-0.15, -0.1) is 12.4 Å². The van der Waals surface area contributed by atoms with Crippen LogP contribution in [0.2, 0.25) is 5.02 Å². The van der Waals surface area contributed by atoms with Crippen molar-refractivity contribution in [2.45, 2.75) is 32.9 Å². The van der Waals surface area contributed by atoms with Crippen LogP contribution in [0.15, 0.2) is 28.8 Å². The van der Waals surface area contributed by atoms with Crippen molar-refractivity contribution >= 4 is 24.0 Å². The summed E-state index contributed by atoms with van der Waals surface area (Å²) in [6.07, 6.45) is 0.898. The maximum atomic E-state index is 6.41. The highest BCUT2D eigenvalue weighted by molar-refractivity contribution is 6.31. The Morgan fingerprint density at radius 3 is 2.91 bits per heavy atom. The van der Waals surface area contributed by atoms with E-state index < -0.39 is 0 Å². The number of nitrogens with zero attached hydrogens (tertiary/aromatic N) is 2. The number of aryl methyl sites for hydroxylation is 2. The third kappa shape index (κ3) is 3.89. The Morgan fingerprint density at radius 1 is 1.39 bits per heavy atom. The predicted octanol–water partition coefficient (Wildman–Crippen LogP) is 3.77. The van der Waals surface area contributed by atoms with Crippen LogP contribution in [0, 0.1) is 6.92 Å². The average Bonchev–Trinajstić information content (AvgIpc) is 2.89. The zero-order valence-electron chi connectivity index (χ0n) is 13.5. The van der Waals surface area contributed by atoms with Crippen LogP contribution in [-0.4, -0.2) is 29.7 Å². The molecule has 0 spiro atoms. The summed E-state index contributed by atoms with van der Waals surface area (Å²) in [6.45, 7) is 7.86. The van der Waals surface area contributed by atoms with Crippen molar-refractivity contribution in [3.63, 3.8) is 0 Å². The second-order valence-electron chi connectivity index (χ2n) is 5.73. The number of hydrogen-bond acceptors (Lipinski definition) is 4. The lowest BCUT2D eigenvalue weighted by Crippen LogP contribution is -2.45. The monoisotopic (exact) mass is 355 g/mol. The topological polar surface area (TPSA) is 41.3 Å². The average molecular weight is 356 g/mol. The first-order chi connectivity index (χ1) is 10.7. The molecule has 2 heterocycles. The zero-order valence-corrected chi connectivity index (χ0v) is 15.1. The fourth-order valence-corrected chi connectivity index (χ4v) is 3.37. The third-order valence-corrected chi connectivity index (χ3v) is 4.72. The minimum Gasteiger partial charge on any atom is -0.361 e. The number of piperazine rings is 1. The quantitative estimate of drug-likeness (QED) is 0.906. The molecule has 4 nitrogen and oxygen atoms in total. The fraction of sp³-hybridized carbons (Fsp3) is 0.471. The summed E-state index contributed by atoms with van der Waals surface area (Å²) >= 11 is 6.41. The molecule has 6 heteroatoms. The van der Waals surface area contributed by atoms with Gasteiger partial charge in [-0.1, -0.05) is 41.9 Å². The van der Waals surface area contributed by atoms with Gasteiger partial charge in [0.05, 0.1) is 5.69 Å². The first-order valence-corrected chi connectivity index (χ1v) is 8.21. The van der Waals surface area contributed by atoms with E-state index in [-0.39, 0.29) is 18.4 Å². The Morgan fingerprint density at radius 2 is 2.17 bits per heavy atom. The Balaban J connectivity index is 0.00000192. The highest BCUT2D eigenvalue weighted by Crippen LogP contribution is 2.30. The van der Waals surface area contributed by atoms with Gasteiger partial charge in [-0.05, 0) is 25.0 Å². The van der Waals surface area contributed by atoms with E-state index in [2.05, 4.69) is 34.4 Å². The number of aromatic nitrogens is 1. The van der Waals surface area contributed by atoms with Crippen molar-refractivity contribution in [3.05, 3.63) is 51.9 Å². The van der Waals surface area contributed by atoms with Crippen molar-refractivity contribution in [2.75, 3.05) is 19.6 Å². The van der Waals surface area contributed by atoms with Crippen molar-refractivity contribution in [2.24, 2.45) is 0 Å². The van der Waals surface area contributed by atoms with Crippen LogP contribution < -0.4 is 5.32 Å². The zero-order chi connectivity index (χ0) is 15.5. The molecule has 1 fully saturated rings. The largest absolute Gasteiger partial charge is 0.361 e. The predicted molar refractivity (Wildman–Crippen MR) is 95.3 cm³/mol. The molecule has 1 aromatic heterocycles. The Bertz CT molecular complexity index is 645. The van der Waals surface area contributed by atoms with Crippen molar-refractivity contribution in [1.82, 2.24) is 15.4 Å². The van der Waals surface area contributed by atoms with Crippen LogP contribution in [-0.2, 0) is 13.0 Å². The first kappa shape index (κ1) is 18.3. The van der Waals surface area contributed by atoms with Gasteiger partial charge >= 0.3 is 0 Å². The lowest BCUT2D eigenvalue weighted by atomic mass is 10.0. The number of halogens is 2. The molecule has 3 rings (SSSR count). The smallest absolute Gasteiger partial charge is 0.138 e. The SMILES string of the molecule is CCc1noc(C)c1CN1CCNCC1c1ccccc1Cl.Cl. The van der Waals surface area contributed by atoms with Crippen LogP contribution in [0.1, 0.15) is 35.5 Å². The molecule has 126 valence electrons. The van der Waals surface area contributed by atoms with Crippen LogP contribution >= 0.6 is 24.0 Å². The van der Waals surface area contributed by atoms with Crippen LogP contribution in [0.4, 0.5) is 0 Å². The summed E-state index contributed by atoms with van der Waals surface area (Å²) in [5.74, 6) is 0.924. The molecule has 2 aromatic rings. The van der Waals surface area contributed by atoms with Crippen LogP contribution in [0.25, 0.3) is 0 Å². The van der Waals surface area contributed by atoms with E-state index in [1.807, 2.05) is 19.1 Å². The summed E-state index contributed by atoms with van der Waals surface area (Å²) in [5, 5.41) is 8.48. The number of hydrogen-bond donors (Lipinski definition) is 1. The first-order valence-electron chi connectivity index (χ1n) is 7.84. The standard InChI is InChI=1S/C17H22ClN3O.ClH/c1-3-16-14(12(2)22-20-16)11-21-9-8-19-10-17(21)13-6-4-5-7-15(13)18;/h4-7,17,19H,3,8-11H2,1-2H3;1H. The van der Waals surface area contributed by atoms with Crippen LogP contribution in [0.5, 0.6) is 0 Å². The minimum absolute atomic E-state index is 0. The van der Waals surface area contributed by atoms with Gasteiger partial charge in [0.2, 0.25) is 0 Å². The molecule has 1 saturated heterocycles. The van der Waals surface area contributed by atoms with E-state index in [0.29, 0.717) is 0 Å². The molecule has 1 atom stereocenters. The van der Waals surface area contributed by atoms with E-state index in [1.54, 1.807) is 0 Å². The fourth-order valence-electron chi connectivity index (χ4n) is 3.11. The van der Waals surface area contributed by atoms with Gasteiger partial charge in [-0.3, -0.25) is 4.90 Å². The van der Waals surface area contributed by atoms with Crippen molar-refractivity contribution in [3.8, 4) is 0 Å². The van der Waals surface area contributed by atoms with Gasteiger partial charge in [0.15, 0.2) is 0 Å². The molecule has 1 unspecified atom stereocenters. The molecule has 0 amide bonds. The summed E-state index contributed by atoms with van der Waals surface area (Å²) in [7, 11) is 0. The molecule has 1 aliphatic heterocycles. The van der Waals surface area contributed by atoms with Gasteiger partial charge in [0, 0.05) is 42.8 Å². The Labute approximate surface area is 148 Å². The lowest BCUT2D eigenvalue weighted by molar-refractivity contribution is 0.152. The molecular formula is C17H23Cl2N3O. The van der Waals surface area contributed by atoms with E-state index in [0.717, 1.165) is 49.1 Å². The molecule has 23 heavy (non-hydrogen) atoms. The molecule has 0 aliphatic carbocycles. The van der Waals surface area contributed by atoms with Gasteiger partial charge in [0.1, 0.15) is 5.76 Å². The molecule has 0 radical (unpaired) electrons. The summed E-state index contributed by atoms with van der Waals surface area (Å²) in [4.78, 5) is 2.47.